The maximum atomic E-state index is 11.3. The van der Waals surface area contributed by atoms with E-state index in [4.69, 9.17) is 9.47 Å². The molecule has 0 aromatic heterocycles. The summed E-state index contributed by atoms with van der Waals surface area (Å²) in [5.41, 5.74) is 0.553. The number of aliphatic imine (C=N–C) groups is 1. The molecular weight excluding hydrogens is 218 g/mol. The standard InChI is InChI=1S/C13H21NO3/c1-5-13(8-7-11(15)16-6-2)9-17-12(14-13)10(3)4/h3,5-9H2,1-2,4H3. The van der Waals surface area contributed by atoms with E-state index < -0.39 is 0 Å². The van der Waals surface area contributed by atoms with Gasteiger partial charge < -0.3 is 9.47 Å². The fourth-order valence-corrected chi connectivity index (χ4v) is 1.76. The number of carbonyl (C=O) groups is 1. The van der Waals surface area contributed by atoms with Gasteiger partial charge in [-0.3, -0.25) is 4.79 Å². The highest BCUT2D eigenvalue weighted by Crippen LogP contribution is 2.29. The van der Waals surface area contributed by atoms with Gasteiger partial charge in [0.05, 0.1) is 12.1 Å². The normalized spacial score (nSPS) is 22.9. The average molecular weight is 239 g/mol. The van der Waals surface area contributed by atoms with Gasteiger partial charge in [-0.15, -0.1) is 0 Å². The molecule has 0 fully saturated rings. The number of nitrogens with zero attached hydrogens (tertiary/aromatic N) is 1. The van der Waals surface area contributed by atoms with Gasteiger partial charge in [0.2, 0.25) is 5.90 Å². The molecule has 96 valence electrons. The topological polar surface area (TPSA) is 47.9 Å². The van der Waals surface area contributed by atoms with E-state index in [0.717, 1.165) is 12.0 Å². The van der Waals surface area contributed by atoms with Crippen LogP contribution < -0.4 is 0 Å². The van der Waals surface area contributed by atoms with Gasteiger partial charge in [-0.05, 0) is 26.7 Å². The molecule has 1 aliphatic rings. The van der Waals surface area contributed by atoms with E-state index in [1.807, 2.05) is 13.8 Å². The van der Waals surface area contributed by atoms with Gasteiger partial charge >= 0.3 is 5.97 Å². The zero-order chi connectivity index (χ0) is 12.9. The van der Waals surface area contributed by atoms with E-state index >= 15 is 0 Å². The summed E-state index contributed by atoms with van der Waals surface area (Å²) in [5.74, 6) is 0.454. The van der Waals surface area contributed by atoms with Gasteiger partial charge in [-0.25, -0.2) is 4.99 Å². The molecule has 1 unspecified atom stereocenters. The van der Waals surface area contributed by atoms with Crippen molar-refractivity contribution >= 4 is 11.9 Å². The summed E-state index contributed by atoms with van der Waals surface area (Å²) >= 11 is 0. The molecule has 1 rings (SSSR count). The second-order valence-corrected chi connectivity index (χ2v) is 4.37. The fraction of sp³-hybridized carbons (Fsp3) is 0.692. The monoisotopic (exact) mass is 239 g/mol. The van der Waals surface area contributed by atoms with Crippen LogP contribution in [0.15, 0.2) is 17.1 Å². The molecule has 0 aromatic rings. The van der Waals surface area contributed by atoms with E-state index in [1.165, 1.54) is 0 Å². The molecule has 0 N–H and O–H groups in total. The summed E-state index contributed by atoms with van der Waals surface area (Å²) in [6.45, 7) is 10.5. The molecule has 0 radical (unpaired) electrons. The Labute approximate surface area is 103 Å². The van der Waals surface area contributed by atoms with E-state index in [2.05, 4.69) is 18.5 Å². The summed E-state index contributed by atoms with van der Waals surface area (Å²) in [7, 11) is 0. The number of hydrogen-bond acceptors (Lipinski definition) is 4. The van der Waals surface area contributed by atoms with Crippen molar-refractivity contribution in [3.05, 3.63) is 12.2 Å². The Morgan fingerprint density at radius 1 is 1.59 bits per heavy atom. The van der Waals surface area contributed by atoms with Crippen LogP contribution in [-0.4, -0.2) is 30.6 Å². The zero-order valence-corrected chi connectivity index (χ0v) is 10.9. The second-order valence-electron chi connectivity index (χ2n) is 4.37. The predicted octanol–water partition coefficient (Wildman–Crippen LogP) is 2.48. The first-order valence-corrected chi connectivity index (χ1v) is 6.07. The van der Waals surface area contributed by atoms with Crippen LogP contribution in [0, 0.1) is 0 Å². The third-order valence-electron chi connectivity index (χ3n) is 2.94. The first-order chi connectivity index (χ1) is 8.03. The van der Waals surface area contributed by atoms with E-state index in [0.29, 0.717) is 32.0 Å². The summed E-state index contributed by atoms with van der Waals surface area (Å²) in [4.78, 5) is 15.9. The van der Waals surface area contributed by atoms with Crippen LogP contribution in [0.3, 0.4) is 0 Å². The van der Waals surface area contributed by atoms with Crippen molar-refractivity contribution in [1.29, 1.82) is 0 Å². The highest BCUT2D eigenvalue weighted by Gasteiger charge is 2.35. The van der Waals surface area contributed by atoms with Crippen molar-refractivity contribution < 1.29 is 14.3 Å². The molecule has 0 aliphatic carbocycles. The minimum absolute atomic E-state index is 0.167. The number of carbonyl (C=O) groups excluding carboxylic acids is 1. The van der Waals surface area contributed by atoms with Gasteiger partial charge in [0, 0.05) is 12.0 Å². The van der Waals surface area contributed by atoms with E-state index in [-0.39, 0.29) is 11.5 Å². The van der Waals surface area contributed by atoms with Crippen molar-refractivity contribution in [2.24, 2.45) is 4.99 Å². The molecule has 0 amide bonds. The molecule has 17 heavy (non-hydrogen) atoms. The molecule has 1 heterocycles. The highest BCUT2D eigenvalue weighted by atomic mass is 16.5. The maximum Gasteiger partial charge on any atom is 0.305 e. The SMILES string of the molecule is C=C(C)C1=NC(CC)(CCC(=O)OCC)CO1. The molecule has 1 aliphatic heterocycles. The summed E-state index contributed by atoms with van der Waals surface area (Å²) in [6, 6.07) is 0. The average Bonchev–Trinajstić information content (AvgIpc) is 2.72. The molecular formula is C13H21NO3. The summed E-state index contributed by atoms with van der Waals surface area (Å²) < 4.78 is 10.4. The quantitative estimate of drug-likeness (QED) is 0.669. The molecule has 0 aromatic carbocycles. The summed E-state index contributed by atoms with van der Waals surface area (Å²) in [5, 5.41) is 0. The van der Waals surface area contributed by atoms with Crippen LogP contribution in [-0.2, 0) is 14.3 Å². The van der Waals surface area contributed by atoms with Crippen molar-refractivity contribution in [3.8, 4) is 0 Å². The van der Waals surface area contributed by atoms with Crippen LogP contribution in [0.4, 0.5) is 0 Å². The molecule has 1 atom stereocenters. The Balaban J connectivity index is 2.60. The Kier molecular flexibility index (Phi) is 4.73. The maximum absolute atomic E-state index is 11.3. The first-order valence-electron chi connectivity index (χ1n) is 6.07. The van der Waals surface area contributed by atoms with Crippen molar-refractivity contribution in [2.75, 3.05) is 13.2 Å². The van der Waals surface area contributed by atoms with Crippen LogP contribution in [0.2, 0.25) is 0 Å². The molecule has 0 saturated carbocycles. The van der Waals surface area contributed by atoms with E-state index in [1.54, 1.807) is 0 Å². The lowest BCUT2D eigenvalue weighted by Gasteiger charge is -2.21. The highest BCUT2D eigenvalue weighted by molar-refractivity contribution is 5.93. The Morgan fingerprint density at radius 3 is 2.76 bits per heavy atom. The predicted molar refractivity (Wildman–Crippen MR) is 67.1 cm³/mol. The lowest BCUT2D eigenvalue weighted by molar-refractivity contribution is -0.143. The van der Waals surface area contributed by atoms with Gasteiger partial charge in [-0.2, -0.15) is 0 Å². The molecule has 0 spiro atoms. The second kappa shape index (κ2) is 5.84. The number of ether oxygens (including phenoxy) is 2. The Morgan fingerprint density at radius 2 is 2.29 bits per heavy atom. The fourth-order valence-electron chi connectivity index (χ4n) is 1.76. The van der Waals surface area contributed by atoms with Crippen molar-refractivity contribution in [3.63, 3.8) is 0 Å². The van der Waals surface area contributed by atoms with Crippen LogP contribution in [0.1, 0.15) is 40.0 Å². The molecule has 0 saturated heterocycles. The van der Waals surface area contributed by atoms with Crippen LogP contribution >= 0.6 is 0 Å². The van der Waals surface area contributed by atoms with Gasteiger partial charge in [0.1, 0.15) is 6.61 Å². The van der Waals surface area contributed by atoms with Crippen LogP contribution in [0.25, 0.3) is 0 Å². The van der Waals surface area contributed by atoms with Gasteiger partial charge in [0.15, 0.2) is 0 Å². The number of rotatable bonds is 6. The van der Waals surface area contributed by atoms with Crippen molar-refractivity contribution in [2.45, 2.75) is 45.6 Å². The molecule has 4 heteroatoms. The van der Waals surface area contributed by atoms with Gasteiger partial charge in [-0.1, -0.05) is 13.5 Å². The molecule has 4 nitrogen and oxygen atoms in total. The third-order valence-corrected chi connectivity index (χ3v) is 2.94. The first kappa shape index (κ1) is 13.7. The van der Waals surface area contributed by atoms with Crippen LogP contribution in [0.5, 0.6) is 0 Å². The Hall–Kier alpha value is -1.32. The summed E-state index contributed by atoms with van der Waals surface area (Å²) in [6.07, 6.45) is 1.90. The van der Waals surface area contributed by atoms with Gasteiger partial charge in [0.25, 0.3) is 0 Å². The zero-order valence-electron chi connectivity index (χ0n) is 10.9. The minimum Gasteiger partial charge on any atom is -0.475 e. The lowest BCUT2D eigenvalue weighted by atomic mass is 9.92. The number of esters is 1. The lowest BCUT2D eigenvalue weighted by Crippen LogP contribution is -2.28. The smallest absolute Gasteiger partial charge is 0.305 e. The molecule has 0 bridgehead atoms. The van der Waals surface area contributed by atoms with Crippen molar-refractivity contribution in [1.82, 2.24) is 0 Å². The Bertz CT molecular complexity index is 336. The number of hydrogen-bond donors (Lipinski definition) is 0. The van der Waals surface area contributed by atoms with E-state index in [9.17, 15) is 4.79 Å². The largest absolute Gasteiger partial charge is 0.475 e. The minimum atomic E-state index is -0.277. The third kappa shape index (κ3) is 3.58.